The molecule has 0 fully saturated rings. The molecule has 0 radical (unpaired) electrons. The maximum atomic E-state index is 10.9. The number of hydrogen-bond acceptors (Lipinski definition) is 7. The van der Waals surface area contributed by atoms with Crippen LogP contribution in [-0.4, -0.2) is 53.5 Å². The second-order valence-electron chi connectivity index (χ2n) is 6.13. The van der Waals surface area contributed by atoms with E-state index in [9.17, 15) is 9.59 Å². The SMILES string of the molecule is BrC(Br)Br.COC(C(=O)O)c1ccc2c(c1)OCCO2.O=Cc1ccc2c(c1)OCCO2. The van der Waals surface area contributed by atoms with E-state index in [-0.39, 0.29) is 2.65 Å². The number of methoxy groups -OCH3 is 1. The maximum absolute atomic E-state index is 10.9. The third kappa shape index (κ3) is 8.27. The molecular weight excluding hydrogens is 620 g/mol. The number of carbonyl (C=O) groups excluding carboxylic acids is 1. The second-order valence-corrected chi connectivity index (χ2v) is 12.6. The Morgan fingerprint density at radius 2 is 1.38 bits per heavy atom. The number of aldehydes is 1. The number of halogens is 3. The Bertz CT molecular complexity index is 904. The number of carboxylic acid groups (broad SMARTS) is 1. The average Bonchev–Trinajstić information content (AvgIpc) is 2.79. The van der Waals surface area contributed by atoms with Crippen LogP contribution in [0.25, 0.3) is 0 Å². The summed E-state index contributed by atoms with van der Waals surface area (Å²) in [7, 11) is 1.36. The molecule has 1 N–H and O–H groups in total. The third-order valence-electron chi connectivity index (χ3n) is 4.03. The van der Waals surface area contributed by atoms with E-state index in [0.29, 0.717) is 60.6 Å². The van der Waals surface area contributed by atoms with Gasteiger partial charge < -0.3 is 28.8 Å². The summed E-state index contributed by atoms with van der Waals surface area (Å²) in [5.41, 5.74) is 1.15. The quantitative estimate of drug-likeness (QED) is 0.370. The Morgan fingerprint density at radius 3 is 1.84 bits per heavy atom. The van der Waals surface area contributed by atoms with Crippen LogP contribution in [0.5, 0.6) is 23.0 Å². The van der Waals surface area contributed by atoms with E-state index in [1.165, 1.54) is 7.11 Å². The summed E-state index contributed by atoms with van der Waals surface area (Å²) in [6.45, 7) is 2.11. The van der Waals surface area contributed by atoms with Gasteiger partial charge in [0.05, 0.1) is 0 Å². The van der Waals surface area contributed by atoms with E-state index >= 15 is 0 Å². The van der Waals surface area contributed by atoms with Gasteiger partial charge in [-0.1, -0.05) is 53.9 Å². The number of hydrogen-bond donors (Lipinski definition) is 1. The van der Waals surface area contributed by atoms with Crippen LogP contribution in [0.1, 0.15) is 22.0 Å². The first kappa shape index (κ1) is 26.4. The lowest BCUT2D eigenvalue weighted by Crippen LogP contribution is -2.17. The van der Waals surface area contributed by atoms with Gasteiger partial charge in [0.25, 0.3) is 0 Å². The van der Waals surface area contributed by atoms with Gasteiger partial charge in [-0.3, -0.25) is 4.79 Å². The summed E-state index contributed by atoms with van der Waals surface area (Å²) >= 11 is 9.31. The fourth-order valence-corrected chi connectivity index (χ4v) is 2.74. The van der Waals surface area contributed by atoms with Crippen molar-refractivity contribution < 1.29 is 38.4 Å². The highest BCUT2D eigenvalue weighted by molar-refractivity contribution is 9.38. The first-order chi connectivity index (χ1) is 15.3. The molecule has 2 aliphatic heterocycles. The van der Waals surface area contributed by atoms with Crippen molar-refractivity contribution in [2.45, 2.75) is 8.75 Å². The zero-order chi connectivity index (χ0) is 23.5. The summed E-state index contributed by atoms with van der Waals surface area (Å²) in [6, 6.07) is 10.1. The Hall–Kier alpha value is -1.82. The maximum Gasteiger partial charge on any atom is 0.337 e. The predicted molar refractivity (Wildman–Crippen MR) is 128 cm³/mol. The Balaban J connectivity index is 0.000000200. The smallest absolute Gasteiger partial charge is 0.337 e. The number of alkyl halides is 3. The van der Waals surface area contributed by atoms with Gasteiger partial charge in [0, 0.05) is 12.7 Å². The van der Waals surface area contributed by atoms with Crippen LogP contribution in [0.4, 0.5) is 0 Å². The van der Waals surface area contributed by atoms with E-state index in [4.69, 9.17) is 28.8 Å². The van der Waals surface area contributed by atoms with Gasteiger partial charge >= 0.3 is 5.97 Å². The van der Waals surface area contributed by atoms with Crippen molar-refractivity contribution in [3.05, 3.63) is 47.5 Å². The molecule has 1 unspecified atom stereocenters. The number of ether oxygens (including phenoxy) is 5. The largest absolute Gasteiger partial charge is 0.486 e. The van der Waals surface area contributed by atoms with E-state index < -0.39 is 12.1 Å². The molecule has 0 bridgehead atoms. The van der Waals surface area contributed by atoms with Gasteiger partial charge in [0.15, 0.2) is 29.1 Å². The van der Waals surface area contributed by atoms with Crippen molar-refractivity contribution in [3.63, 3.8) is 0 Å². The third-order valence-corrected chi connectivity index (χ3v) is 4.03. The fourth-order valence-electron chi connectivity index (χ4n) is 2.74. The zero-order valence-electron chi connectivity index (χ0n) is 17.0. The highest BCUT2D eigenvalue weighted by Crippen LogP contribution is 2.33. The van der Waals surface area contributed by atoms with E-state index in [1.807, 2.05) is 0 Å². The van der Waals surface area contributed by atoms with E-state index in [2.05, 4.69) is 47.8 Å². The summed E-state index contributed by atoms with van der Waals surface area (Å²) < 4.78 is 26.4. The van der Waals surface area contributed by atoms with Crippen molar-refractivity contribution in [3.8, 4) is 23.0 Å². The fraction of sp³-hybridized carbons (Fsp3) is 0.333. The van der Waals surface area contributed by atoms with Gasteiger partial charge in [-0.25, -0.2) is 4.79 Å². The minimum absolute atomic E-state index is 0.271. The first-order valence-corrected chi connectivity index (χ1v) is 12.0. The topological polar surface area (TPSA) is 101 Å². The highest BCUT2D eigenvalue weighted by Gasteiger charge is 2.21. The molecule has 32 heavy (non-hydrogen) atoms. The van der Waals surface area contributed by atoms with Crippen LogP contribution in [0.15, 0.2) is 36.4 Å². The molecular formula is C21H21Br3O8. The molecule has 0 aliphatic carbocycles. The number of rotatable bonds is 4. The van der Waals surface area contributed by atoms with E-state index in [0.717, 1.165) is 6.29 Å². The summed E-state index contributed by atoms with van der Waals surface area (Å²) in [5, 5.41) is 8.93. The molecule has 0 aromatic heterocycles. The van der Waals surface area contributed by atoms with Crippen LogP contribution in [0, 0.1) is 0 Å². The van der Waals surface area contributed by atoms with Crippen LogP contribution in [0.2, 0.25) is 0 Å². The van der Waals surface area contributed by atoms with Crippen molar-refractivity contribution in [1.82, 2.24) is 0 Å². The molecule has 4 rings (SSSR count). The van der Waals surface area contributed by atoms with Gasteiger partial charge in [0.1, 0.15) is 35.4 Å². The van der Waals surface area contributed by atoms with Crippen LogP contribution in [-0.2, 0) is 9.53 Å². The average molecular weight is 641 g/mol. The van der Waals surface area contributed by atoms with Crippen molar-refractivity contribution in [1.29, 1.82) is 0 Å². The lowest BCUT2D eigenvalue weighted by Gasteiger charge is -2.20. The Labute approximate surface area is 210 Å². The Kier molecular flexibility index (Phi) is 11.3. The summed E-state index contributed by atoms with van der Waals surface area (Å²) in [4.78, 5) is 21.3. The molecule has 0 spiro atoms. The van der Waals surface area contributed by atoms with Gasteiger partial charge in [-0.15, -0.1) is 0 Å². The lowest BCUT2D eigenvalue weighted by atomic mass is 10.1. The number of carboxylic acids is 1. The molecule has 2 heterocycles. The second kappa shape index (κ2) is 13.7. The standard InChI is InChI=1S/C11H12O5.C9H8O3.CHBr3/c1-14-10(11(12)13)7-2-3-8-9(6-7)16-5-4-15-8;10-6-7-1-2-8-9(5-7)12-4-3-11-8;2-1(3)4/h2-3,6,10H,4-5H2,1H3,(H,12,13);1-2,5-6H,3-4H2;1H. The summed E-state index contributed by atoms with van der Waals surface area (Å²) in [6.07, 6.45) is -0.186. The molecule has 0 saturated heterocycles. The summed E-state index contributed by atoms with van der Waals surface area (Å²) in [5.74, 6) is 1.54. The first-order valence-electron chi connectivity index (χ1n) is 9.28. The minimum Gasteiger partial charge on any atom is -0.486 e. The minimum atomic E-state index is -1.03. The normalized spacial score (nSPS) is 14.2. The van der Waals surface area contributed by atoms with Crippen molar-refractivity contribution >= 4 is 60.0 Å². The molecule has 8 nitrogen and oxygen atoms in total. The zero-order valence-corrected chi connectivity index (χ0v) is 21.7. The van der Waals surface area contributed by atoms with Crippen LogP contribution >= 0.6 is 47.8 Å². The molecule has 174 valence electrons. The van der Waals surface area contributed by atoms with Gasteiger partial charge in [-0.2, -0.15) is 0 Å². The van der Waals surface area contributed by atoms with E-state index in [1.54, 1.807) is 36.4 Å². The van der Waals surface area contributed by atoms with Crippen molar-refractivity contribution in [2.24, 2.45) is 0 Å². The number of aliphatic carboxylic acids is 1. The number of benzene rings is 2. The monoisotopic (exact) mass is 638 g/mol. The van der Waals surface area contributed by atoms with Crippen molar-refractivity contribution in [2.75, 3.05) is 33.5 Å². The molecule has 2 aromatic carbocycles. The van der Waals surface area contributed by atoms with Gasteiger partial charge in [0.2, 0.25) is 0 Å². The molecule has 1 atom stereocenters. The number of fused-ring (bicyclic) bond motifs is 2. The Morgan fingerprint density at radius 1 is 0.906 bits per heavy atom. The van der Waals surface area contributed by atoms with Crippen LogP contribution < -0.4 is 18.9 Å². The highest BCUT2D eigenvalue weighted by atomic mass is 80.0. The van der Waals surface area contributed by atoms with Gasteiger partial charge in [-0.05, 0) is 35.9 Å². The number of carbonyl (C=O) groups is 2. The molecule has 2 aromatic rings. The lowest BCUT2D eigenvalue weighted by molar-refractivity contribution is -0.148. The predicted octanol–water partition coefficient (Wildman–Crippen LogP) is 4.95. The molecule has 0 amide bonds. The molecule has 2 aliphatic rings. The molecule has 0 saturated carbocycles. The molecule has 11 heteroatoms. The van der Waals surface area contributed by atoms with Crippen LogP contribution in [0.3, 0.4) is 0 Å².